The minimum absolute atomic E-state index is 0.0155. The second-order valence-electron chi connectivity index (χ2n) is 6.68. The summed E-state index contributed by atoms with van der Waals surface area (Å²) in [4.78, 5) is 26.3. The van der Waals surface area contributed by atoms with Gasteiger partial charge in [0.15, 0.2) is 0 Å². The minimum atomic E-state index is -0.374. The number of hydrogen-bond acceptors (Lipinski definition) is 2. The van der Waals surface area contributed by atoms with Gasteiger partial charge in [0.25, 0.3) is 0 Å². The smallest absolute Gasteiger partial charge is 0.245 e. The molecule has 2 unspecified atom stereocenters. The fraction of sp³-hybridized carbons (Fsp3) is 0.882. The van der Waals surface area contributed by atoms with Crippen molar-refractivity contribution in [3.8, 4) is 0 Å². The highest BCUT2D eigenvalue weighted by atomic mass is 16.2. The van der Waals surface area contributed by atoms with Gasteiger partial charge in [-0.25, -0.2) is 0 Å². The highest BCUT2D eigenvalue weighted by molar-refractivity contribution is 5.96. The zero-order chi connectivity index (χ0) is 15.8. The summed E-state index contributed by atoms with van der Waals surface area (Å²) in [6, 6.07) is -0.648. The zero-order valence-corrected chi connectivity index (χ0v) is 14.2. The maximum absolute atomic E-state index is 12.3. The molecule has 0 aliphatic carbocycles. The van der Waals surface area contributed by atoms with Crippen LogP contribution in [0.5, 0.6) is 0 Å². The number of amides is 2. The van der Waals surface area contributed by atoms with Crippen LogP contribution in [-0.4, -0.2) is 35.3 Å². The summed E-state index contributed by atoms with van der Waals surface area (Å²) in [5.74, 6) is 0.504. The van der Waals surface area contributed by atoms with Crippen molar-refractivity contribution in [2.75, 3.05) is 6.54 Å². The van der Waals surface area contributed by atoms with Crippen LogP contribution in [0.2, 0.25) is 0 Å². The van der Waals surface area contributed by atoms with Crippen LogP contribution >= 0.6 is 0 Å². The molecule has 21 heavy (non-hydrogen) atoms. The first-order chi connectivity index (χ1) is 9.97. The van der Waals surface area contributed by atoms with Crippen LogP contribution in [0.1, 0.15) is 72.6 Å². The van der Waals surface area contributed by atoms with Crippen molar-refractivity contribution >= 4 is 11.8 Å². The maximum Gasteiger partial charge on any atom is 0.245 e. The van der Waals surface area contributed by atoms with Crippen LogP contribution in [0.3, 0.4) is 0 Å². The number of hydrogen-bond donors (Lipinski definition) is 1. The fourth-order valence-electron chi connectivity index (χ4n) is 2.92. The second kappa shape index (κ2) is 9.06. The minimum Gasteiger partial charge on any atom is -0.343 e. The van der Waals surface area contributed by atoms with Crippen LogP contribution < -0.4 is 5.32 Å². The SMILES string of the molecule is CCCCCCCCN1C(=O)C(C)NC(=O)C1CC(C)C. The van der Waals surface area contributed by atoms with Gasteiger partial charge in [0, 0.05) is 6.54 Å². The average molecular weight is 296 g/mol. The lowest BCUT2D eigenvalue weighted by atomic mass is 9.97. The quantitative estimate of drug-likeness (QED) is 0.665. The zero-order valence-electron chi connectivity index (χ0n) is 14.2. The molecule has 0 bridgehead atoms. The Bertz CT molecular complexity index is 342. The monoisotopic (exact) mass is 296 g/mol. The Morgan fingerprint density at radius 3 is 2.33 bits per heavy atom. The van der Waals surface area contributed by atoms with Crippen molar-refractivity contribution in [1.82, 2.24) is 10.2 Å². The highest BCUT2D eigenvalue weighted by Crippen LogP contribution is 2.18. The summed E-state index contributed by atoms with van der Waals surface area (Å²) in [6.07, 6.45) is 7.94. The summed E-state index contributed by atoms with van der Waals surface area (Å²) >= 11 is 0. The third-order valence-corrected chi connectivity index (χ3v) is 4.14. The molecule has 0 saturated carbocycles. The maximum atomic E-state index is 12.3. The molecule has 0 aromatic carbocycles. The molecular formula is C17H32N2O2. The lowest BCUT2D eigenvalue weighted by Gasteiger charge is -2.38. The third-order valence-electron chi connectivity index (χ3n) is 4.14. The summed E-state index contributed by atoms with van der Waals surface area (Å²) in [5, 5.41) is 2.80. The summed E-state index contributed by atoms with van der Waals surface area (Å²) in [7, 11) is 0. The van der Waals surface area contributed by atoms with E-state index < -0.39 is 0 Å². The van der Waals surface area contributed by atoms with Gasteiger partial charge in [-0.15, -0.1) is 0 Å². The van der Waals surface area contributed by atoms with E-state index in [4.69, 9.17) is 0 Å². The molecule has 4 heteroatoms. The van der Waals surface area contributed by atoms with Crippen molar-refractivity contribution < 1.29 is 9.59 Å². The van der Waals surface area contributed by atoms with Crippen molar-refractivity contribution in [3.05, 3.63) is 0 Å². The Balaban J connectivity index is 2.51. The number of rotatable bonds is 9. The number of carbonyl (C=O) groups excluding carboxylic acids is 2. The van der Waals surface area contributed by atoms with Crippen LogP contribution in [0.15, 0.2) is 0 Å². The molecular weight excluding hydrogens is 264 g/mol. The lowest BCUT2D eigenvalue weighted by molar-refractivity contribution is -0.149. The first-order valence-corrected chi connectivity index (χ1v) is 8.58. The van der Waals surface area contributed by atoms with Crippen LogP contribution in [-0.2, 0) is 9.59 Å². The predicted octanol–water partition coefficient (Wildman–Crippen LogP) is 3.11. The Morgan fingerprint density at radius 1 is 1.10 bits per heavy atom. The molecule has 2 atom stereocenters. The molecule has 0 spiro atoms. The van der Waals surface area contributed by atoms with Crippen molar-refractivity contribution in [2.24, 2.45) is 5.92 Å². The second-order valence-corrected chi connectivity index (χ2v) is 6.68. The van der Waals surface area contributed by atoms with Gasteiger partial charge in [-0.3, -0.25) is 9.59 Å². The van der Waals surface area contributed by atoms with Gasteiger partial charge < -0.3 is 10.2 Å². The van der Waals surface area contributed by atoms with Gasteiger partial charge in [0.1, 0.15) is 12.1 Å². The molecule has 122 valence electrons. The van der Waals surface area contributed by atoms with Gasteiger partial charge >= 0.3 is 0 Å². The van der Waals surface area contributed by atoms with E-state index in [9.17, 15) is 9.59 Å². The Kier molecular flexibility index (Phi) is 7.76. The van der Waals surface area contributed by atoms with E-state index in [1.807, 2.05) is 4.90 Å². The molecule has 0 radical (unpaired) electrons. The Morgan fingerprint density at radius 2 is 1.71 bits per heavy atom. The first-order valence-electron chi connectivity index (χ1n) is 8.58. The van der Waals surface area contributed by atoms with Crippen LogP contribution in [0.4, 0.5) is 0 Å². The van der Waals surface area contributed by atoms with E-state index in [1.165, 1.54) is 25.7 Å². The van der Waals surface area contributed by atoms with E-state index in [1.54, 1.807) is 6.92 Å². The molecule has 0 aromatic heterocycles. The number of piperazine rings is 1. The van der Waals surface area contributed by atoms with E-state index in [0.29, 0.717) is 5.92 Å². The van der Waals surface area contributed by atoms with E-state index in [-0.39, 0.29) is 23.9 Å². The van der Waals surface area contributed by atoms with Crippen molar-refractivity contribution in [3.63, 3.8) is 0 Å². The molecule has 1 N–H and O–H groups in total. The topological polar surface area (TPSA) is 49.4 Å². The molecule has 1 heterocycles. The first kappa shape index (κ1) is 18.0. The van der Waals surface area contributed by atoms with Crippen molar-refractivity contribution in [2.45, 2.75) is 84.7 Å². The number of carbonyl (C=O) groups is 2. The van der Waals surface area contributed by atoms with Crippen LogP contribution in [0, 0.1) is 5.92 Å². The number of unbranched alkanes of at least 4 members (excludes halogenated alkanes) is 5. The third kappa shape index (κ3) is 5.68. The van der Waals surface area contributed by atoms with E-state index >= 15 is 0 Å². The molecule has 1 saturated heterocycles. The Labute approximate surface area is 129 Å². The number of nitrogens with zero attached hydrogens (tertiary/aromatic N) is 1. The van der Waals surface area contributed by atoms with Gasteiger partial charge in [-0.2, -0.15) is 0 Å². The highest BCUT2D eigenvalue weighted by Gasteiger charge is 2.38. The van der Waals surface area contributed by atoms with Gasteiger partial charge in [-0.1, -0.05) is 52.9 Å². The summed E-state index contributed by atoms with van der Waals surface area (Å²) in [6.45, 7) is 8.90. The molecule has 1 aliphatic heterocycles. The van der Waals surface area contributed by atoms with Gasteiger partial charge in [-0.05, 0) is 25.7 Å². The lowest BCUT2D eigenvalue weighted by Crippen LogP contribution is -2.62. The van der Waals surface area contributed by atoms with E-state index in [2.05, 4.69) is 26.1 Å². The number of nitrogens with one attached hydrogen (secondary N) is 1. The Hall–Kier alpha value is -1.06. The standard InChI is InChI=1S/C17H32N2O2/c1-5-6-7-8-9-10-11-19-15(12-13(2)3)16(20)18-14(4)17(19)21/h13-15H,5-12H2,1-4H3,(H,18,20). The largest absolute Gasteiger partial charge is 0.343 e. The molecule has 0 aromatic rings. The molecule has 2 amide bonds. The summed E-state index contributed by atoms with van der Waals surface area (Å²) in [5.41, 5.74) is 0. The normalized spacial score (nSPS) is 22.8. The summed E-state index contributed by atoms with van der Waals surface area (Å²) < 4.78 is 0. The van der Waals surface area contributed by atoms with Gasteiger partial charge in [0.05, 0.1) is 0 Å². The predicted molar refractivity (Wildman–Crippen MR) is 85.9 cm³/mol. The van der Waals surface area contributed by atoms with Crippen molar-refractivity contribution in [1.29, 1.82) is 0 Å². The van der Waals surface area contributed by atoms with E-state index in [0.717, 1.165) is 25.8 Å². The molecule has 1 rings (SSSR count). The van der Waals surface area contributed by atoms with Gasteiger partial charge in [0.2, 0.25) is 11.8 Å². The fourth-order valence-corrected chi connectivity index (χ4v) is 2.92. The molecule has 1 aliphatic rings. The molecule has 4 nitrogen and oxygen atoms in total. The van der Waals surface area contributed by atoms with Crippen LogP contribution in [0.25, 0.3) is 0 Å². The molecule has 1 fully saturated rings. The average Bonchev–Trinajstić information content (AvgIpc) is 2.42.